The predicted octanol–water partition coefficient (Wildman–Crippen LogP) is 1.22. The minimum Gasteiger partial charge on any atom is -0.462 e. The van der Waals surface area contributed by atoms with E-state index < -0.39 is 100 Å². The number of ether oxygens (including phenoxy) is 7. The molecule has 7 bridgehead atoms. The maximum atomic E-state index is 13.8. The molecule has 1 saturated heterocycles. The van der Waals surface area contributed by atoms with E-state index in [1.165, 1.54) is 21.0 Å². The maximum Gasteiger partial charge on any atom is 0.338 e. The van der Waals surface area contributed by atoms with Gasteiger partial charge >= 0.3 is 17.9 Å². The van der Waals surface area contributed by atoms with Crippen LogP contribution in [0.2, 0.25) is 0 Å². The third kappa shape index (κ3) is 4.21. The van der Waals surface area contributed by atoms with Gasteiger partial charge in [0.1, 0.15) is 30.0 Å². The number of fused-ring (bicyclic) bond motifs is 2. The molecule has 2 N–H and O–H groups in total. The van der Waals surface area contributed by atoms with Gasteiger partial charge in [-0.3, -0.25) is 14.5 Å². The number of carbonyl (C=O) groups excluding carboxylic acids is 3. The number of aliphatic hydroxyl groups excluding tert-OH is 1. The van der Waals surface area contributed by atoms with Gasteiger partial charge in [0.2, 0.25) is 0 Å². The summed E-state index contributed by atoms with van der Waals surface area (Å²) in [6, 6.07) is 8.12. The van der Waals surface area contributed by atoms with E-state index in [0.717, 1.165) is 0 Å². The quantitative estimate of drug-likeness (QED) is 0.267. The van der Waals surface area contributed by atoms with Crippen LogP contribution in [0.1, 0.15) is 44.0 Å². The number of esters is 3. The van der Waals surface area contributed by atoms with E-state index in [-0.39, 0.29) is 24.6 Å². The third-order valence-corrected chi connectivity index (χ3v) is 13.4. The van der Waals surface area contributed by atoms with Gasteiger partial charge in [0.15, 0.2) is 5.60 Å². The van der Waals surface area contributed by atoms with Crippen LogP contribution in [0.25, 0.3) is 0 Å². The molecule has 49 heavy (non-hydrogen) atoms. The third-order valence-electron chi connectivity index (χ3n) is 13.4. The lowest BCUT2D eigenvalue weighted by Crippen LogP contribution is -2.81. The minimum atomic E-state index is -1.86. The van der Waals surface area contributed by atoms with Crippen LogP contribution in [0.15, 0.2) is 30.3 Å². The Balaban J connectivity index is 1.53. The Bertz CT molecular complexity index is 1480. The Hall–Kier alpha value is -2.65. The standard InChI is InChI=1S/C36H49NO12/c1-8-37-16-33(17-43-4)22(47-18(2)38)14-23(44-5)35-21-15-34(42)30(48-32(41)20-12-10-9-11-13-20)24(21)36(49-19(3)39,29(40)31(34)46-7)25(28(35)37)26(45-6)27(33)35/h9-13,21-31,40,42H,8,14-17H2,1-7H3/t21-,22-,23+,24+,25+,26+,27-,28-,29+,30-,31-,33-,34-,35+,36+/m1/s1. The lowest BCUT2D eigenvalue weighted by molar-refractivity contribution is -0.322. The van der Waals surface area contributed by atoms with Crippen LogP contribution >= 0.6 is 0 Å². The highest BCUT2D eigenvalue weighted by atomic mass is 16.6. The van der Waals surface area contributed by atoms with Crippen LogP contribution in [0.4, 0.5) is 0 Å². The van der Waals surface area contributed by atoms with Gasteiger partial charge in [0, 0.05) is 89.9 Å². The van der Waals surface area contributed by atoms with Gasteiger partial charge in [-0.1, -0.05) is 25.1 Å². The summed E-state index contributed by atoms with van der Waals surface area (Å²) < 4.78 is 43.9. The molecule has 0 unspecified atom stereocenters. The normalized spacial score (nSPS) is 47.4. The van der Waals surface area contributed by atoms with Crippen LogP contribution < -0.4 is 0 Å². The van der Waals surface area contributed by atoms with Crippen molar-refractivity contribution in [2.45, 2.75) is 87.5 Å². The molecule has 7 rings (SSSR count). The Kier molecular flexibility index (Phi) is 8.49. The molecule has 0 aromatic heterocycles. The molecular formula is C36H49NO12. The highest BCUT2D eigenvalue weighted by Gasteiger charge is 2.92. The fourth-order valence-electron chi connectivity index (χ4n) is 12.7. The lowest BCUT2D eigenvalue weighted by atomic mass is 9.42. The number of aliphatic hydroxyl groups is 2. The van der Waals surface area contributed by atoms with Gasteiger partial charge in [-0.05, 0) is 31.0 Å². The van der Waals surface area contributed by atoms with Crippen LogP contribution in [-0.2, 0) is 42.7 Å². The minimum absolute atomic E-state index is 0.0534. The van der Waals surface area contributed by atoms with Gasteiger partial charge in [-0.2, -0.15) is 0 Å². The summed E-state index contributed by atoms with van der Waals surface area (Å²) in [5.41, 5.74) is -4.92. The number of nitrogens with zero attached hydrogens (tertiary/aromatic N) is 1. The summed E-state index contributed by atoms with van der Waals surface area (Å²) in [5, 5.41) is 25.5. The van der Waals surface area contributed by atoms with Crippen molar-refractivity contribution >= 4 is 17.9 Å². The second kappa shape index (κ2) is 12.0. The summed E-state index contributed by atoms with van der Waals surface area (Å²) in [7, 11) is 6.25. The fourth-order valence-corrected chi connectivity index (χ4v) is 12.7. The van der Waals surface area contributed by atoms with Crippen LogP contribution in [0.3, 0.4) is 0 Å². The van der Waals surface area contributed by atoms with Crippen molar-refractivity contribution in [2.24, 2.45) is 34.5 Å². The summed E-state index contributed by atoms with van der Waals surface area (Å²) in [4.78, 5) is 42.2. The molecule has 270 valence electrons. The molecule has 6 aliphatic rings. The molecule has 1 aliphatic heterocycles. The average Bonchev–Trinajstić information content (AvgIpc) is 3.44. The number of piperidine rings is 1. The molecular weight excluding hydrogens is 638 g/mol. The molecule has 1 spiro atoms. The second-order valence-corrected chi connectivity index (χ2v) is 15.0. The van der Waals surface area contributed by atoms with Crippen molar-refractivity contribution in [3.05, 3.63) is 35.9 Å². The molecule has 5 saturated carbocycles. The maximum absolute atomic E-state index is 13.8. The molecule has 13 nitrogen and oxygen atoms in total. The molecule has 1 aromatic rings. The van der Waals surface area contributed by atoms with E-state index >= 15 is 0 Å². The smallest absolute Gasteiger partial charge is 0.338 e. The number of hydrogen-bond donors (Lipinski definition) is 2. The zero-order valence-corrected chi connectivity index (χ0v) is 29.2. The van der Waals surface area contributed by atoms with E-state index in [2.05, 4.69) is 4.90 Å². The number of carbonyl (C=O) groups is 3. The fraction of sp³-hybridized carbons (Fsp3) is 0.750. The van der Waals surface area contributed by atoms with Crippen molar-refractivity contribution in [1.29, 1.82) is 0 Å². The van der Waals surface area contributed by atoms with Gasteiger partial charge in [0.05, 0.1) is 24.4 Å². The zero-order valence-electron chi connectivity index (χ0n) is 29.2. The van der Waals surface area contributed by atoms with E-state index in [1.807, 2.05) is 6.92 Å². The van der Waals surface area contributed by atoms with Crippen molar-refractivity contribution in [3.8, 4) is 0 Å². The topological polar surface area (TPSA) is 160 Å². The highest BCUT2D eigenvalue weighted by Crippen LogP contribution is 2.80. The first-order chi connectivity index (χ1) is 23.4. The summed E-state index contributed by atoms with van der Waals surface area (Å²) in [5.74, 6) is -4.24. The van der Waals surface area contributed by atoms with Crippen LogP contribution in [-0.4, -0.2) is 135 Å². The summed E-state index contributed by atoms with van der Waals surface area (Å²) in [6.45, 7) is 5.99. The Labute approximate surface area is 286 Å². The first-order valence-corrected chi connectivity index (χ1v) is 17.2. The molecule has 1 heterocycles. The second-order valence-electron chi connectivity index (χ2n) is 15.0. The molecule has 6 fully saturated rings. The summed E-state index contributed by atoms with van der Waals surface area (Å²) in [6.07, 6.45) is -5.45. The molecule has 5 aliphatic carbocycles. The average molecular weight is 688 g/mol. The lowest BCUT2D eigenvalue weighted by Gasteiger charge is -2.70. The van der Waals surface area contributed by atoms with E-state index in [0.29, 0.717) is 19.5 Å². The summed E-state index contributed by atoms with van der Waals surface area (Å²) >= 11 is 0. The number of benzene rings is 1. The van der Waals surface area contributed by atoms with Crippen molar-refractivity contribution in [2.75, 3.05) is 48.1 Å². The molecule has 0 amide bonds. The highest BCUT2D eigenvalue weighted by molar-refractivity contribution is 5.89. The SMILES string of the molecule is CCN1C[C@]2(COC)[C@H]3[C@@H](OC)[C@H]4[C@@H]1[C@]3([C@@H](OC)C[C@H]2OC(C)=O)[C@@H]1C[C@@]2(O)[C@H](OC(=O)c3ccccc3)[C@H]1[C@@]4(OC(C)=O)[C@@H](O)[C@H]2OC. The van der Waals surface area contributed by atoms with Crippen molar-refractivity contribution in [3.63, 3.8) is 0 Å². The van der Waals surface area contributed by atoms with Gasteiger partial charge < -0.3 is 43.4 Å². The Morgan fingerprint density at radius 1 is 0.918 bits per heavy atom. The molecule has 15 atom stereocenters. The Morgan fingerprint density at radius 3 is 2.20 bits per heavy atom. The van der Waals surface area contributed by atoms with E-state index in [1.54, 1.807) is 51.7 Å². The molecule has 0 radical (unpaired) electrons. The zero-order chi connectivity index (χ0) is 35.3. The molecule has 13 heteroatoms. The number of hydrogen-bond acceptors (Lipinski definition) is 13. The first-order valence-electron chi connectivity index (χ1n) is 17.2. The number of likely N-dealkylation sites (tertiary alicyclic amines) is 1. The van der Waals surface area contributed by atoms with Crippen molar-refractivity contribution < 1.29 is 57.8 Å². The van der Waals surface area contributed by atoms with Gasteiger partial charge in [-0.15, -0.1) is 0 Å². The van der Waals surface area contributed by atoms with Crippen LogP contribution in [0, 0.1) is 34.5 Å². The largest absolute Gasteiger partial charge is 0.462 e. The van der Waals surface area contributed by atoms with E-state index in [9.17, 15) is 24.6 Å². The van der Waals surface area contributed by atoms with Crippen LogP contribution in [0.5, 0.6) is 0 Å². The predicted molar refractivity (Wildman–Crippen MR) is 170 cm³/mol. The first kappa shape index (κ1) is 34.8. The van der Waals surface area contributed by atoms with E-state index in [4.69, 9.17) is 33.2 Å². The molecule has 1 aromatic carbocycles. The van der Waals surface area contributed by atoms with Crippen molar-refractivity contribution in [1.82, 2.24) is 4.90 Å². The van der Waals surface area contributed by atoms with Gasteiger partial charge in [-0.25, -0.2) is 4.79 Å². The monoisotopic (exact) mass is 687 g/mol. The number of rotatable bonds is 10. The Morgan fingerprint density at radius 2 is 1.63 bits per heavy atom. The number of methoxy groups -OCH3 is 4. The van der Waals surface area contributed by atoms with Gasteiger partial charge in [0.25, 0.3) is 0 Å².